The van der Waals surface area contributed by atoms with Gasteiger partial charge in [0, 0.05) is 24.2 Å². The van der Waals surface area contributed by atoms with Crippen LogP contribution in [0.25, 0.3) is 0 Å². The van der Waals surface area contributed by atoms with E-state index in [1.807, 2.05) is 0 Å². The third-order valence-electron chi connectivity index (χ3n) is 4.57. The zero-order valence-corrected chi connectivity index (χ0v) is 12.7. The molecule has 2 heterocycles. The number of anilines is 1. The van der Waals surface area contributed by atoms with Gasteiger partial charge in [-0.3, -0.25) is 0 Å². The normalized spacial score (nSPS) is 26.7. The van der Waals surface area contributed by atoms with Crippen molar-refractivity contribution >= 4 is 5.69 Å². The number of hydrogen-bond acceptors (Lipinski definition) is 3. The number of ether oxygens (including phenoxy) is 1. The molecule has 0 bridgehead atoms. The van der Waals surface area contributed by atoms with Gasteiger partial charge >= 0.3 is 0 Å². The van der Waals surface area contributed by atoms with Crippen molar-refractivity contribution in [3.05, 3.63) is 23.8 Å². The number of rotatable bonds is 3. The second kappa shape index (κ2) is 5.65. The van der Waals surface area contributed by atoms with Crippen LogP contribution in [0.5, 0.6) is 5.75 Å². The number of nitrogens with zero attached hydrogens (tertiary/aromatic N) is 1. The molecule has 3 nitrogen and oxygen atoms in total. The first kappa shape index (κ1) is 13.7. The number of hydrogen-bond donors (Lipinski definition) is 1. The SMILES string of the molecule is CN1CCCC(C)(COc2ccc3c(c2)CCCN3)C1. The molecule has 1 aromatic carbocycles. The molecule has 110 valence electrons. The molecule has 0 aliphatic carbocycles. The topological polar surface area (TPSA) is 24.5 Å². The summed E-state index contributed by atoms with van der Waals surface area (Å²) in [5.41, 5.74) is 2.98. The van der Waals surface area contributed by atoms with Crippen LogP contribution in [0.4, 0.5) is 5.69 Å². The lowest BCUT2D eigenvalue weighted by Gasteiger charge is -2.38. The van der Waals surface area contributed by atoms with E-state index < -0.39 is 0 Å². The molecule has 0 saturated carbocycles. The molecule has 1 saturated heterocycles. The fraction of sp³-hybridized carbons (Fsp3) is 0.647. The summed E-state index contributed by atoms with van der Waals surface area (Å²) in [5, 5.41) is 3.45. The third kappa shape index (κ3) is 3.09. The van der Waals surface area contributed by atoms with Crippen LogP contribution in [0, 0.1) is 5.41 Å². The molecule has 0 radical (unpaired) electrons. The van der Waals surface area contributed by atoms with Crippen molar-refractivity contribution in [3.63, 3.8) is 0 Å². The predicted octanol–water partition coefficient (Wildman–Crippen LogP) is 3.16. The lowest BCUT2D eigenvalue weighted by Crippen LogP contribution is -2.42. The highest BCUT2D eigenvalue weighted by Gasteiger charge is 2.30. The van der Waals surface area contributed by atoms with Crippen LogP contribution in [0.3, 0.4) is 0 Å². The first-order valence-electron chi connectivity index (χ1n) is 7.83. The minimum absolute atomic E-state index is 0.293. The van der Waals surface area contributed by atoms with Crippen LogP contribution in [0.1, 0.15) is 31.7 Å². The summed E-state index contributed by atoms with van der Waals surface area (Å²) < 4.78 is 6.11. The standard InChI is InChI=1S/C17H26N2O/c1-17(8-4-10-19(2)12-17)13-20-15-6-7-16-14(11-15)5-3-9-18-16/h6-7,11,18H,3-5,8-10,12-13H2,1-2H3. The van der Waals surface area contributed by atoms with Gasteiger partial charge in [0.1, 0.15) is 5.75 Å². The maximum Gasteiger partial charge on any atom is 0.119 e. The van der Waals surface area contributed by atoms with Crippen molar-refractivity contribution in [1.29, 1.82) is 0 Å². The lowest BCUT2D eigenvalue weighted by molar-refractivity contribution is 0.0701. The Balaban J connectivity index is 1.63. The zero-order chi connectivity index (χ0) is 14.0. The van der Waals surface area contributed by atoms with Crippen LogP contribution in [-0.2, 0) is 6.42 Å². The van der Waals surface area contributed by atoms with E-state index in [-0.39, 0.29) is 0 Å². The Morgan fingerprint density at radius 1 is 1.35 bits per heavy atom. The van der Waals surface area contributed by atoms with Gasteiger partial charge in [0.25, 0.3) is 0 Å². The van der Waals surface area contributed by atoms with E-state index in [1.165, 1.54) is 43.5 Å². The average molecular weight is 274 g/mol. The molecule has 1 unspecified atom stereocenters. The number of likely N-dealkylation sites (tertiary alicyclic amines) is 1. The van der Waals surface area contributed by atoms with E-state index in [0.717, 1.165) is 25.4 Å². The molecule has 2 aliphatic heterocycles. The fourth-order valence-corrected chi connectivity index (χ4v) is 3.50. The van der Waals surface area contributed by atoms with Crippen molar-refractivity contribution in [2.45, 2.75) is 32.6 Å². The molecule has 3 rings (SSSR count). The summed E-state index contributed by atoms with van der Waals surface area (Å²) in [4.78, 5) is 2.42. The summed E-state index contributed by atoms with van der Waals surface area (Å²) in [6.07, 6.45) is 4.94. The first-order valence-corrected chi connectivity index (χ1v) is 7.83. The van der Waals surface area contributed by atoms with E-state index in [1.54, 1.807) is 0 Å². The van der Waals surface area contributed by atoms with Gasteiger partial charge in [-0.25, -0.2) is 0 Å². The van der Waals surface area contributed by atoms with Gasteiger partial charge in [-0.05, 0) is 63.0 Å². The van der Waals surface area contributed by atoms with Gasteiger partial charge in [0.2, 0.25) is 0 Å². The summed E-state index contributed by atoms with van der Waals surface area (Å²) in [6.45, 7) is 6.63. The monoisotopic (exact) mass is 274 g/mol. The highest BCUT2D eigenvalue weighted by Crippen LogP contribution is 2.31. The molecule has 1 aromatic rings. The number of nitrogens with one attached hydrogen (secondary N) is 1. The Bertz CT molecular complexity index is 474. The highest BCUT2D eigenvalue weighted by molar-refractivity contribution is 5.55. The zero-order valence-electron chi connectivity index (χ0n) is 12.7. The van der Waals surface area contributed by atoms with Crippen LogP contribution in [0.2, 0.25) is 0 Å². The molecule has 3 heteroatoms. The Hall–Kier alpha value is -1.22. The largest absolute Gasteiger partial charge is 0.493 e. The van der Waals surface area contributed by atoms with E-state index >= 15 is 0 Å². The fourth-order valence-electron chi connectivity index (χ4n) is 3.50. The predicted molar refractivity (Wildman–Crippen MR) is 83.6 cm³/mol. The second-order valence-electron chi connectivity index (χ2n) is 6.79. The summed E-state index contributed by atoms with van der Waals surface area (Å²) in [7, 11) is 2.21. The maximum absolute atomic E-state index is 6.11. The molecule has 2 aliphatic rings. The molecule has 20 heavy (non-hydrogen) atoms. The average Bonchev–Trinajstić information content (AvgIpc) is 2.45. The summed E-state index contributed by atoms with van der Waals surface area (Å²) >= 11 is 0. The highest BCUT2D eigenvalue weighted by atomic mass is 16.5. The van der Waals surface area contributed by atoms with Gasteiger partial charge < -0.3 is 15.0 Å². The van der Waals surface area contributed by atoms with Crippen molar-refractivity contribution in [2.24, 2.45) is 5.41 Å². The minimum atomic E-state index is 0.293. The molecule has 0 aromatic heterocycles. The van der Waals surface area contributed by atoms with Crippen LogP contribution in [0.15, 0.2) is 18.2 Å². The van der Waals surface area contributed by atoms with Gasteiger partial charge in [-0.1, -0.05) is 6.92 Å². The molecule has 1 fully saturated rings. The maximum atomic E-state index is 6.11. The third-order valence-corrected chi connectivity index (χ3v) is 4.57. The van der Waals surface area contributed by atoms with Gasteiger partial charge in [0.05, 0.1) is 6.61 Å². The Labute approximate surface area is 122 Å². The van der Waals surface area contributed by atoms with Gasteiger partial charge in [0.15, 0.2) is 0 Å². The number of piperidine rings is 1. The van der Waals surface area contributed by atoms with Crippen molar-refractivity contribution < 1.29 is 4.74 Å². The van der Waals surface area contributed by atoms with Gasteiger partial charge in [-0.2, -0.15) is 0 Å². The van der Waals surface area contributed by atoms with Crippen molar-refractivity contribution in [2.75, 3.05) is 38.6 Å². The lowest BCUT2D eigenvalue weighted by atomic mass is 9.83. The second-order valence-corrected chi connectivity index (χ2v) is 6.79. The summed E-state index contributed by atoms with van der Waals surface area (Å²) in [5.74, 6) is 1.03. The van der Waals surface area contributed by atoms with E-state index in [2.05, 4.69) is 42.4 Å². The number of aryl methyl sites for hydroxylation is 1. The minimum Gasteiger partial charge on any atom is -0.493 e. The Morgan fingerprint density at radius 2 is 2.25 bits per heavy atom. The van der Waals surface area contributed by atoms with Gasteiger partial charge in [-0.15, -0.1) is 0 Å². The Kier molecular flexibility index (Phi) is 3.88. The number of fused-ring (bicyclic) bond motifs is 1. The van der Waals surface area contributed by atoms with Crippen LogP contribution < -0.4 is 10.1 Å². The molecular formula is C17H26N2O. The Morgan fingerprint density at radius 3 is 3.10 bits per heavy atom. The van der Waals surface area contributed by atoms with E-state index in [4.69, 9.17) is 4.74 Å². The summed E-state index contributed by atoms with van der Waals surface area (Å²) in [6, 6.07) is 6.49. The van der Waals surface area contributed by atoms with Crippen molar-refractivity contribution in [3.8, 4) is 5.75 Å². The van der Waals surface area contributed by atoms with Crippen molar-refractivity contribution in [1.82, 2.24) is 4.90 Å². The van der Waals surface area contributed by atoms with Crippen LogP contribution >= 0.6 is 0 Å². The smallest absolute Gasteiger partial charge is 0.119 e. The number of benzene rings is 1. The quantitative estimate of drug-likeness (QED) is 0.916. The molecule has 0 amide bonds. The van der Waals surface area contributed by atoms with Crippen LogP contribution in [-0.4, -0.2) is 38.2 Å². The van der Waals surface area contributed by atoms with E-state index in [0.29, 0.717) is 5.41 Å². The first-order chi connectivity index (χ1) is 9.65. The molecule has 0 spiro atoms. The molecule has 1 N–H and O–H groups in total. The van der Waals surface area contributed by atoms with E-state index in [9.17, 15) is 0 Å². The molecule has 1 atom stereocenters. The molecular weight excluding hydrogens is 248 g/mol.